The summed E-state index contributed by atoms with van der Waals surface area (Å²) < 4.78 is 31.9. The van der Waals surface area contributed by atoms with Crippen molar-refractivity contribution in [3.63, 3.8) is 0 Å². The van der Waals surface area contributed by atoms with E-state index in [1.165, 1.54) is 12.1 Å². The number of allylic oxidation sites excluding steroid dienone is 1. The van der Waals surface area contributed by atoms with Gasteiger partial charge in [0.15, 0.2) is 17.9 Å². The predicted octanol–water partition coefficient (Wildman–Crippen LogP) is 5.89. The fourth-order valence-corrected chi connectivity index (χ4v) is 6.71. The largest absolute Gasteiger partial charge is 0.457 e. The lowest BCUT2D eigenvalue weighted by Crippen LogP contribution is -2.37. The molecule has 4 aliphatic rings. The number of dihydropyridines is 1. The molecular weight excluding hydrogens is 583 g/mol. The summed E-state index contributed by atoms with van der Waals surface area (Å²) in [7, 11) is 0. The number of para-hydroxylation sites is 1. The number of aliphatic imine (C=N–C) groups is 1. The van der Waals surface area contributed by atoms with Crippen molar-refractivity contribution >= 4 is 46.1 Å². The first kappa shape index (κ1) is 28.5. The first-order chi connectivity index (χ1) is 21.3. The molecule has 0 spiro atoms. The van der Waals surface area contributed by atoms with Crippen LogP contribution in [0.15, 0.2) is 89.8 Å². The van der Waals surface area contributed by atoms with E-state index in [0.29, 0.717) is 37.5 Å². The van der Waals surface area contributed by atoms with E-state index in [0.717, 1.165) is 16.2 Å². The fraction of sp³-hybridized carbons (Fsp3) is 0.273. The van der Waals surface area contributed by atoms with E-state index in [-0.39, 0.29) is 23.4 Å². The molecule has 3 aliphatic heterocycles. The SMILES string of the molecule is CC12SC(c3ccc(C4OCCO4)cn3)=CC1N=CC=C2Oc1ccc(NC(=O)C2(C(=O)Nc3ccccc3)CC2)cc1F. The molecule has 2 aromatic carbocycles. The molecule has 2 unspecified atom stereocenters. The number of nitrogens with one attached hydrogen (secondary N) is 2. The van der Waals surface area contributed by atoms with Crippen molar-refractivity contribution in [3.8, 4) is 5.75 Å². The number of hydrogen-bond acceptors (Lipinski definition) is 8. The zero-order valence-corrected chi connectivity index (χ0v) is 24.6. The molecule has 0 bridgehead atoms. The number of ether oxygens (including phenoxy) is 3. The van der Waals surface area contributed by atoms with Crippen molar-refractivity contribution in [2.75, 3.05) is 23.8 Å². The van der Waals surface area contributed by atoms with Gasteiger partial charge in [0.25, 0.3) is 0 Å². The van der Waals surface area contributed by atoms with E-state index in [2.05, 4.69) is 20.6 Å². The number of amides is 2. The highest BCUT2D eigenvalue weighted by molar-refractivity contribution is 8.10. The molecule has 3 aromatic rings. The molecule has 4 heterocycles. The van der Waals surface area contributed by atoms with Gasteiger partial charge in [-0.05, 0) is 62.2 Å². The van der Waals surface area contributed by atoms with Crippen LogP contribution in [0.5, 0.6) is 5.75 Å². The fourth-order valence-electron chi connectivity index (χ4n) is 5.37. The number of nitrogens with zero attached hydrogens (tertiary/aromatic N) is 2. The van der Waals surface area contributed by atoms with Crippen molar-refractivity contribution in [2.45, 2.75) is 36.8 Å². The van der Waals surface area contributed by atoms with Gasteiger partial charge in [0.05, 0.1) is 24.9 Å². The Morgan fingerprint density at radius 2 is 1.75 bits per heavy atom. The van der Waals surface area contributed by atoms with Gasteiger partial charge in [0.2, 0.25) is 11.8 Å². The molecular formula is C33H29FN4O5S. The van der Waals surface area contributed by atoms with Crippen LogP contribution >= 0.6 is 11.8 Å². The van der Waals surface area contributed by atoms with Gasteiger partial charge in [-0.25, -0.2) is 4.39 Å². The number of rotatable bonds is 8. The number of thioether (sulfide) groups is 1. The third kappa shape index (κ3) is 5.31. The molecule has 1 aromatic heterocycles. The Bertz CT molecular complexity index is 1700. The second-order valence-electron chi connectivity index (χ2n) is 11.2. The van der Waals surface area contributed by atoms with Gasteiger partial charge in [0.1, 0.15) is 15.9 Å². The van der Waals surface area contributed by atoms with Crippen LogP contribution in [0.4, 0.5) is 15.8 Å². The Balaban J connectivity index is 1.01. The summed E-state index contributed by atoms with van der Waals surface area (Å²) in [5.74, 6) is -0.926. The Kier molecular flexibility index (Phi) is 7.31. The topological polar surface area (TPSA) is 111 Å². The van der Waals surface area contributed by atoms with Crippen molar-refractivity contribution in [1.29, 1.82) is 0 Å². The molecule has 2 atom stereocenters. The average Bonchev–Trinajstić information content (AvgIpc) is 3.51. The third-order valence-corrected chi connectivity index (χ3v) is 9.58. The van der Waals surface area contributed by atoms with Crippen LogP contribution in [0, 0.1) is 11.2 Å². The predicted molar refractivity (Wildman–Crippen MR) is 166 cm³/mol. The van der Waals surface area contributed by atoms with Gasteiger partial charge < -0.3 is 24.8 Å². The smallest absolute Gasteiger partial charge is 0.240 e. The maximum absolute atomic E-state index is 15.3. The molecule has 2 fully saturated rings. The molecule has 2 N–H and O–H groups in total. The van der Waals surface area contributed by atoms with E-state index in [1.807, 2.05) is 31.2 Å². The molecule has 44 heavy (non-hydrogen) atoms. The van der Waals surface area contributed by atoms with Crippen LogP contribution in [0.2, 0.25) is 0 Å². The number of pyridine rings is 1. The molecule has 2 amide bonds. The lowest BCUT2D eigenvalue weighted by atomic mass is 9.96. The summed E-state index contributed by atoms with van der Waals surface area (Å²) in [6.45, 7) is 3.13. The van der Waals surface area contributed by atoms with E-state index in [9.17, 15) is 9.59 Å². The van der Waals surface area contributed by atoms with Crippen LogP contribution in [0.25, 0.3) is 4.91 Å². The molecule has 224 valence electrons. The normalized spacial score (nSPS) is 23.4. The van der Waals surface area contributed by atoms with E-state index in [1.54, 1.807) is 60.6 Å². The highest BCUT2D eigenvalue weighted by atomic mass is 32.2. The average molecular weight is 613 g/mol. The Morgan fingerprint density at radius 1 is 1.00 bits per heavy atom. The first-order valence-electron chi connectivity index (χ1n) is 14.3. The second kappa shape index (κ2) is 11.3. The maximum atomic E-state index is 15.3. The van der Waals surface area contributed by atoms with Crippen LogP contribution in [-0.4, -0.2) is 47.0 Å². The Labute approximate surface area is 257 Å². The number of halogens is 1. The highest BCUT2D eigenvalue weighted by Crippen LogP contribution is 2.53. The third-order valence-electron chi connectivity index (χ3n) is 8.15. The monoisotopic (exact) mass is 612 g/mol. The summed E-state index contributed by atoms with van der Waals surface area (Å²) in [5, 5.41) is 5.50. The van der Waals surface area contributed by atoms with Crippen LogP contribution in [0.3, 0.4) is 0 Å². The van der Waals surface area contributed by atoms with Gasteiger partial charge in [-0.1, -0.05) is 24.3 Å². The summed E-state index contributed by atoms with van der Waals surface area (Å²) in [4.78, 5) is 36.1. The van der Waals surface area contributed by atoms with Crippen LogP contribution in [0.1, 0.15) is 37.3 Å². The van der Waals surface area contributed by atoms with Crippen molar-refractivity contribution in [2.24, 2.45) is 10.4 Å². The van der Waals surface area contributed by atoms with Gasteiger partial charge in [-0.3, -0.25) is 19.6 Å². The molecule has 7 rings (SSSR count). The molecule has 9 nitrogen and oxygen atoms in total. The minimum Gasteiger partial charge on any atom is -0.457 e. The number of hydrogen-bond donors (Lipinski definition) is 2. The van der Waals surface area contributed by atoms with E-state index in [4.69, 9.17) is 14.2 Å². The summed E-state index contributed by atoms with van der Waals surface area (Å²) in [6.07, 6.45) is 7.65. The van der Waals surface area contributed by atoms with Gasteiger partial charge in [0, 0.05) is 40.3 Å². The van der Waals surface area contributed by atoms with E-state index >= 15 is 4.39 Å². The molecule has 1 saturated heterocycles. The van der Waals surface area contributed by atoms with Gasteiger partial charge in [-0.2, -0.15) is 0 Å². The number of carbonyl (C=O) groups excluding carboxylic acids is 2. The molecule has 1 aliphatic carbocycles. The van der Waals surface area contributed by atoms with Crippen LogP contribution in [-0.2, 0) is 19.1 Å². The molecule has 11 heteroatoms. The zero-order chi connectivity index (χ0) is 30.3. The molecule has 0 radical (unpaired) electrons. The minimum atomic E-state index is -1.17. The number of aromatic nitrogens is 1. The second-order valence-corrected chi connectivity index (χ2v) is 12.7. The summed E-state index contributed by atoms with van der Waals surface area (Å²) >= 11 is 1.56. The summed E-state index contributed by atoms with van der Waals surface area (Å²) in [6, 6.07) is 16.8. The Morgan fingerprint density at radius 3 is 2.43 bits per heavy atom. The zero-order valence-electron chi connectivity index (χ0n) is 23.8. The number of carbonyl (C=O) groups is 2. The highest BCUT2D eigenvalue weighted by Gasteiger charge is 2.56. The lowest BCUT2D eigenvalue weighted by molar-refractivity contribution is -0.131. The van der Waals surface area contributed by atoms with Gasteiger partial charge >= 0.3 is 0 Å². The number of benzene rings is 2. The number of fused-ring (bicyclic) bond motifs is 1. The van der Waals surface area contributed by atoms with Crippen molar-refractivity contribution in [3.05, 3.63) is 102 Å². The van der Waals surface area contributed by atoms with Crippen molar-refractivity contribution < 1.29 is 28.2 Å². The number of anilines is 2. The van der Waals surface area contributed by atoms with Gasteiger partial charge in [-0.15, -0.1) is 11.8 Å². The Hall–Kier alpha value is -4.32. The molecule has 1 saturated carbocycles. The van der Waals surface area contributed by atoms with E-state index < -0.39 is 28.2 Å². The van der Waals surface area contributed by atoms with Crippen molar-refractivity contribution in [1.82, 2.24) is 4.98 Å². The summed E-state index contributed by atoms with van der Waals surface area (Å²) in [5.41, 5.74) is 1.33. The minimum absolute atomic E-state index is 0.0144. The quantitative estimate of drug-likeness (QED) is 0.306. The maximum Gasteiger partial charge on any atom is 0.240 e. The first-order valence-corrected chi connectivity index (χ1v) is 15.2. The lowest BCUT2D eigenvalue weighted by Gasteiger charge is -2.32. The standard InChI is InChI=1S/C33H29FN4O5S/c1-32-27(18-26(44-32)24-9-7-20(19-36-24)29-41-15-16-42-29)35-14-11-28(32)43-25-10-8-22(17-23(25)34)38-31(40)33(12-13-33)30(39)37-21-5-3-2-4-6-21/h2-11,14,17-19,27,29H,12-13,15-16H2,1H3,(H,37,39)(H,38,40). The van der Waals surface area contributed by atoms with Crippen LogP contribution < -0.4 is 15.4 Å².